The number of carbonyl (C=O) groups is 1. The largest absolute Gasteiger partial charge is 0.497 e. The number of halogens is 1. The van der Waals surface area contributed by atoms with Crippen molar-refractivity contribution in [1.29, 1.82) is 0 Å². The van der Waals surface area contributed by atoms with Crippen molar-refractivity contribution in [3.05, 3.63) is 58.2 Å². The van der Waals surface area contributed by atoms with Gasteiger partial charge in [-0.15, -0.1) is 0 Å². The molecule has 1 aliphatic heterocycles. The predicted octanol–water partition coefficient (Wildman–Crippen LogP) is 4.10. The topological polar surface area (TPSA) is 96.9 Å². The first-order valence-corrected chi connectivity index (χ1v) is 11.0. The van der Waals surface area contributed by atoms with E-state index < -0.39 is 5.97 Å². The molecule has 3 aromatic rings. The molecule has 0 radical (unpaired) electrons. The lowest BCUT2D eigenvalue weighted by Crippen LogP contribution is -2.26. The fraction of sp³-hybridized carbons (Fsp3) is 0.304. The average Bonchev–Trinajstić information content (AvgIpc) is 3.25. The van der Waals surface area contributed by atoms with E-state index in [2.05, 4.69) is 31.0 Å². The number of H-pyrrole nitrogens is 1. The Morgan fingerprint density at radius 3 is 2.91 bits per heavy atom. The number of aromatic nitrogens is 2. The first-order valence-electron chi connectivity index (χ1n) is 10.2. The Morgan fingerprint density at radius 2 is 2.09 bits per heavy atom. The minimum absolute atomic E-state index is 0.0397. The third-order valence-electron chi connectivity index (χ3n) is 5.17. The summed E-state index contributed by atoms with van der Waals surface area (Å²) in [5.74, 6) is 1.32. The molecule has 9 heteroatoms. The molecule has 8 nitrogen and oxygen atoms in total. The summed E-state index contributed by atoms with van der Waals surface area (Å²) in [6.07, 6.45) is 1.82. The van der Waals surface area contributed by atoms with Crippen molar-refractivity contribution in [1.82, 2.24) is 15.1 Å². The summed E-state index contributed by atoms with van der Waals surface area (Å²) in [7, 11) is 1.63. The molecule has 2 aromatic carbocycles. The van der Waals surface area contributed by atoms with E-state index in [0.717, 1.165) is 32.6 Å². The molecule has 0 atom stereocenters. The summed E-state index contributed by atoms with van der Waals surface area (Å²) in [6.45, 7) is 2.49. The summed E-state index contributed by atoms with van der Waals surface area (Å²) >= 11 is 3.56. The predicted molar refractivity (Wildman–Crippen MR) is 122 cm³/mol. The van der Waals surface area contributed by atoms with Crippen molar-refractivity contribution in [2.24, 2.45) is 0 Å². The second-order valence-corrected chi connectivity index (χ2v) is 8.31. The van der Waals surface area contributed by atoms with Gasteiger partial charge in [0, 0.05) is 30.8 Å². The number of carboxylic acids is 1. The first kappa shape index (κ1) is 22.2. The highest BCUT2D eigenvalue weighted by molar-refractivity contribution is 9.10. The van der Waals surface area contributed by atoms with Gasteiger partial charge in [0.15, 0.2) is 11.5 Å². The SMILES string of the molecule is COc1cccc(-c2[nH]ncc2CN(CCC(=O)O)Cc2cc(Br)c3c(c2)OCCO3)c1. The van der Waals surface area contributed by atoms with Gasteiger partial charge >= 0.3 is 5.97 Å². The fourth-order valence-electron chi connectivity index (χ4n) is 3.68. The van der Waals surface area contributed by atoms with Gasteiger partial charge in [0.25, 0.3) is 0 Å². The molecular formula is C23H24BrN3O5. The van der Waals surface area contributed by atoms with Gasteiger partial charge in [-0.3, -0.25) is 14.8 Å². The molecule has 0 spiro atoms. The highest BCUT2D eigenvalue weighted by Gasteiger charge is 2.19. The number of carboxylic acid groups (broad SMARTS) is 1. The standard InChI is InChI=1S/C23H24BrN3O5/c1-30-18-4-2-3-16(11-18)22-17(12-25-26-22)14-27(6-5-21(28)29)13-15-9-19(24)23-20(10-15)31-7-8-32-23/h2-4,9-12H,5-8,13-14H2,1H3,(H,25,26)(H,28,29). The molecule has 32 heavy (non-hydrogen) atoms. The Balaban J connectivity index is 1.58. The van der Waals surface area contributed by atoms with Crippen LogP contribution >= 0.6 is 15.9 Å². The molecule has 2 N–H and O–H groups in total. The smallest absolute Gasteiger partial charge is 0.304 e. The molecule has 0 saturated heterocycles. The number of nitrogens with zero attached hydrogens (tertiary/aromatic N) is 2. The number of hydrogen-bond acceptors (Lipinski definition) is 6. The Hall–Kier alpha value is -3.04. The van der Waals surface area contributed by atoms with Gasteiger partial charge in [-0.05, 0) is 45.8 Å². The number of methoxy groups -OCH3 is 1. The molecule has 2 heterocycles. The van der Waals surface area contributed by atoms with Gasteiger partial charge in [-0.2, -0.15) is 5.10 Å². The van der Waals surface area contributed by atoms with Crippen molar-refractivity contribution in [2.45, 2.75) is 19.5 Å². The van der Waals surface area contributed by atoms with Gasteiger partial charge in [0.05, 0.1) is 29.9 Å². The van der Waals surface area contributed by atoms with Crippen LogP contribution in [0.25, 0.3) is 11.3 Å². The molecule has 0 bridgehead atoms. The number of aliphatic carboxylic acids is 1. The number of fused-ring (bicyclic) bond motifs is 1. The van der Waals surface area contributed by atoms with Crippen LogP contribution in [-0.4, -0.2) is 53.0 Å². The van der Waals surface area contributed by atoms with Crippen LogP contribution in [0.15, 0.2) is 47.1 Å². The summed E-state index contributed by atoms with van der Waals surface area (Å²) in [5, 5.41) is 16.5. The van der Waals surface area contributed by atoms with Crippen molar-refractivity contribution in [3.63, 3.8) is 0 Å². The van der Waals surface area contributed by atoms with Gasteiger partial charge in [0.2, 0.25) is 0 Å². The molecular weight excluding hydrogens is 478 g/mol. The number of aromatic amines is 1. The molecule has 168 valence electrons. The van der Waals surface area contributed by atoms with Crippen LogP contribution in [0.3, 0.4) is 0 Å². The number of nitrogens with one attached hydrogen (secondary N) is 1. The highest BCUT2D eigenvalue weighted by atomic mass is 79.9. The summed E-state index contributed by atoms with van der Waals surface area (Å²) in [6, 6.07) is 11.7. The van der Waals surface area contributed by atoms with Crippen LogP contribution in [-0.2, 0) is 17.9 Å². The van der Waals surface area contributed by atoms with E-state index in [0.29, 0.717) is 44.3 Å². The van der Waals surface area contributed by atoms with Gasteiger partial charge in [-0.1, -0.05) is 12.1 Å². The monoisotopic (exact) mass is 501 g/mol. The third-order valence-corrected chi connectivity index (χ3v) is 5.76. The lowest BCUT2D eigenvalue weighted by atomic mass is 10.1. The summed E-state index contributed by atoms with van der Waals surface area (Å²) in [4.78, 5) is 13.3. The van der Waals surface area contributed by atoms with Gasteiger partial charge in [-0.25, -0.2) is 0 Å². The van der Waals surface area contributed by atoms with E-state index >= 15 is 0 Å². The second kappa shape index (κ2) is 10.1. The normalized spacial score (nSPS) is 12.7. The van der Waals surface area contributed by atoms with Crippen LogP contribution in [0.2, 0.25) is 0 Å². The average molecular weight is 502 g/mol. The second-order valence-electron chi connectivity index (χ2n) is 7.46. The minimum Gasteiger partial charge on any atom is -0.497 e. The molecule has 4 rings (SSSR count). The van der Waals surface area contributed by atoms with Crippen molar-refractivity contribution in [2.75, 3.05) is 26.9 Å². The summed E-state index contributed by atoms with van der Waals surface area (Å²) in [5.41, 5.74) is 3.81. The number of benzene rings is 2. The van der Waals surface area contributed by atoms with Gasteiger partial charge in [0.1, 0.15) is 19.0 Å². The van der Waals surface area contributed by atoms with Crippen LogP contribution in [0.5, 0.6) is 17.2 Å². The van der Waals surface area contributed by atoms with Crippen LogP contribution in [0.4, 0.5) is 0 Å². The van der Waals surface area contributed by atoms with Crippen molar-refractivity contribution >= 4 is 21.9 Å². The number of ether oxygens (including phenoxy) is 3. The zero-order valence-corrected chi connectivity index (χ0v) is 19.2. The number of rotatable bonds is 9. The Kier molecular flexibility index (Phi) is 6.96. The van der Waals surface area contributed by atoms with Crippen LogP contribution < -0.4 is 14.2 Å². The molecule has 0 saturated carbocycles. The van der Waals surface area contributed by atoms with E-state index in [1.54, 1.807) is 13.3 Å². The van der Waals surface area contributed by atoms with Crippen molar-refractivity contribution < 1.29 is 24.1 Å². The zero-order valence-electron chi connectivity index (χ0n) is 17.6. The zero-order chi connectivity index (χ0) is 22.5. The van der Waals surface area contributed by atoms with Gasteiger partial charge < -0.3 is 19.3 Å². The van der Waals surface area contributed by atoms with Crippen molar-refractivity contribution in [3.8, 4) is 28.5 Å². The Labute approximate surface area is 194 Å². The Bertz CT molecular complexity index is 1100. The van der Waals surface area contributed by atoms with E-state index in [9.17, 15) is 9.90 Å². The molecule has 0 fully saturated rings. The lowest BCUT2D eigenvalue weighted by Gasteiger charge is -2.24. The maximum absolute atomic E-state index is 11.3. The molecule has 1 aliphatic rings. The van der Waals surface area contributed by atoms with E-state index in [1.807, 2.05) is 36.4 Å². The van der Waals surface area contributed by atoms with Crippen LogP contribution in [0.1, 0.15) is 17.5 Å². The first-order chi connectivity index (χ1) is 15.5. The highest BCUT2D eigenvalue weighted by Crippen LogP contribution is 2.39. The molecule has 0 aliphatic carbocycles. The minimum atomic E-state index is -0.835. The lowest BCUT2D eigenvalue weighted by molar-refractivity contribution is -0.137. The number of hydrogen-bond donors (Lipinski definition) is 2. The molecule has 1 aromatic heterocycles. The van der Waals surface area contributed by atoms with E-state index in [-0.39, 0.29) is 6.42 Å². The Morgan fingerprint density at radius 1 is 1.25 bits per heavy atom. The summed E-state index contributed by atoms with van der Waals surface area (Å²) < 4.78 is 17.6. The van der Waals surface area contributed by atoms with E-state index in [1.165, 1.54) is 0 Å². The maximum atomic E-state index is 11.3. The molecule has 0 amide bonds. The van der Waals surface area contributed by atoms with E-state index in [4.69, 9.17) is 14.2 Å². The third kappa shape index (κ3) is 5.23. The maximum Gasteiger partial charge on any atom is 0.304 e. The quantitative estimate of drug-likeness (QED) is 0.455. The molecule has 0 unspecified atom stereocenters. The fourth-order valence-corrected chi connectivity index (χ4v) is 4.29. The van der Waals surface area contributed by atoms with Crippen LogP contribution in [0, 0.1) is 0 Å².